The number of carbonyl (C=O) groups excluding carboxylic acids is 1. The van der Waals surface area contributed by atoms with Gasteiger partial charge in [-0.05, 0) is 63.1 Å². The van der Waals surface area contributed by atoms with Crippen LogP contribution in [0.3, 0.4) is 0 Å². The Kier molecular flexibility index (Phi) is 11.4. The highest BCUT2D eigenvalue weighted by atomic mass is 127. The van der Waals surface area contributed by atoms with Crippen LogP contribution in [0.5, 0.6) is 0 Å². The zero-order chi connectivity index (χ0) is 21.2. The number of pyridine rings is 1. The molecule has 7 nitrogen and oxygen atoms in total. The molecule has 0 amide bonds. The maximum Gasteiger partial charge on any atom is 0.308 e. The van der Waals surface area contributed by atoms with Gasteiger partial charge in [-0.3, -0.25) is 9.79 Å². The molecule has 0 bridgehead atoms. The van der Waals surface area contributed by atoms with E-state index in [0.29, 0.717) is 19.2 Å². The van der Waals surface area contributed by atoms with Gasteiger partial charge in [-0.15, -0.1) is 24.0 Å². The fourth-order valence-electron chi connectivity index (χ4n) is 4.35. The van der Waals surface area contributed by atoms with Crippen LogP contribution in [0.25, 0.3) is 0 Å². The van der Waals surface area contributed by atoms with Gasteiger partial charge < -0.3 is 20.3 Å². The molecule has 0 radical (unpaired) electrons. The third-order valence-corrected chi connectivity index (χ3v) is 6.11. The van der Waals surface area contributed by atoms with Crippen LogP contribution in [0.15, 0.2) is 23.3 Å². The molecule has 0 aromatic carbocycles. The lowest BCUT2D eigenvalue weighted by molar-refractivity contribution is -0.149. The molecule has 174 valence electrons. The van der Waals surface area contributed by atoms with Crippen LogP contribution in [0.4, 0.5) is 5.82 Å². The van der Waals surface area contributed by atoms with Crippen molar-refractivity contribution in [2.45, 2.75) is 70.9 Å². The molecule has 31 heavy (non-hydrogen) atoms. The number of ether oxygens (including phenoxy) is 1. The Balaban J connectivity index is 0.00000341. The molecule has 3 rings (SSSR count). The largest absolute Gasteiger partial charge is 0.466 e. The quantitative estimate of drug-likeness (QED) is 0.246. The highest BCUT2D eigenvalue weighted by Gasteiger charge is 2.27. The van der Waals surface area contributed by atoms with Crippen molar-refractivity contribution in [2.75, 3.05) is 31.6 Å². The van der Waals surface area contributed by atoms with Crippen molar-refractivity contribution < 1.29 is 9.53 Å². The summed E-state index contributed by atoms with van der Waals surface area (Å²) >= 11 is 0. The Morgan fingerprint density at radius 1 is 1.19 bits per heavy atom. The fraction of sp³-hybridized carbons (Fsp3) is 0.696. The second-order valence-corrected chi connectivity index (χ2v) is 8.29. The maximum atomic E-state index is 11.9. The minimum Gasteiger partial charge on any atom is -0.466 e. The van der Waals surface area contributed by atoms with E-state index in [1.807, 2.05) is 13.1 Å². The first-order valence-electron chi connectivity index (χ1n) is 11.5. The molecular weight excluding hydrogens is 505 g/mol. The second kappa shape index (κ2) is 13.8. The molecule has 0 atom stereocenters. The Bertz CT molecular complexity index is 699. The molecule has 1 aromatic rings. The Morgan fingerprint density at radius 2 is 1.90 bits per heavy atom. The lowest BCUT2D eigenvalue weighted by atomic mass is 9.86. The van der Waals surface area contributed by atoms with Gasteiger partial charge in [-0.1, -0.05) is 12.8 Å². The number of aliphatic imine (C=N–C) groups is 1. The lowest BCUT2D eigenvalue weighted by Gasteiger charge is -2.29. The average Bonchev–Trinajstić information content (AvgIpc) is 3.07. The van der Waals surface area contributed by atoms with Crippen LogP contribution in [-0.4, -0.2) is 49.7 Å². The standard InChI is InChI=1S/C23H37N5O2.HI/c1-3-30-22(29)19-8-10-20(11-9-19)27-23(24-2)26-17-18-12-13-25-21(16-18)28-14-6-4-5-7-15-28;/h12-13,16,19-20H,3-11,14-15,17H2,1-2H3,(H2,24,26,27);1H. The first kappa shape index (κ1) is 25.7. The van der Waals surface area contributed by atoms with E-state index in [1.54, 1.807) is 7.05 Å². The maximum absolute atomic E-state index is 11.9. The third-order valence-electron chi connectivity index (χ3n) is 6.11. The van der Waals surface area contributed by atoms with Gasteiger partial charge in [0.1, 0.15) is 5.82 Å². The molecule has 1 aliphatic heterocycles. The van der Waals surface area contributed by atoms with Gasteiger partial charge in [-0.2, -0.15) is 0 Å². The van der Waals surface area contributed by atoms with Crippen LogP contribution in [0, 0.1) is 5.92 Å². The zero-order valence-electron chi connectivity index (χ0n) is 18.9. The predicted octanol–water partition coefficient (Wildman–Crippen LogP) is 3.87. The summed E-state index contributed by atoms with van der Waals surface area (Å²) in [6.45, 7) is 5.23. The van der Waals surface area contributed by atoms with Gasteiger partial charge in [0.25, 0.3) is 0 Å². The van der Waals surface area contributed by atoms with Gasteiger partial charge in [0.05, 0.1) is 12.5 Å². The van der Waals surface area contributed by atoms with Crippen molar-refractivity contribution in [1.82, 2.24) is 15.6 Å². The van der Waals surface area contributed by atoms with E-state index in [1.165, 1.54) is 31.2 Å². The van der Waals surface area contributed by atoms with Crippen molar-refractivity contribution in [3.63, 3.8) is 0 Å². The van der Waals surface area contributed by atoms with Gasteiger partial charge in [0.15, 0.2) is 5.96 Å². The van der Waals surface area contributed by atoms with Crippen molar-refractivity contribution in [2.24, 2.45) is 10.9 Å². The van der Waals surface area contributed by atoms with Crippen molar-refractivity contribution in [3.8, 4) is 0 Å². The highest BCUT2D eigenvalue weighted by molar-refractivity contribution is 14.0. The first-order valence-corrected chi connectivity index (χ1v) is 11.5. The number of nitrogens with zero attached hydrogens (tertiary/aromatic N) is 3. The number of carbonyl (C=O) groups is 1. The minimum atomic E-state index is -0.0450. The van der Waals surface area contributed by atoms with E-state index in [0.717, 1.165) is 50.6 Å². The number of aromatic nitrogens is 1. The molecular formula is C23H38IN5O2. The second-order valence-electron chi connectivity index (χ2n) is 8.29. The van der Waals surface area contributed by atoms with Crippen molar-refractivity contribution in [3.05, 3.63) is 23.9 Å². The summed E-state index contributed by atoms with van der Waals surface area (Å²) in [4.78, 5) is 23.3. The number of halogens is 1. The Labute approximate surface area is 203 Å². The van der Waals surface area contributed by atoms with Crippen LogP contribution < -0.4 is 15.5 Å². The number of anilines is 1. The van der Waals surface area contributed by atoms with E-state index >= 15 is 0 Å². The molecule has 1 aliphatic carbocycles. The number of nitrogens with one attached hydrogen (secondary N) is 2. The van der Waals surface area contributed by atoms with Gasteiger partial charge in [0, 0.05) is 38.9 Å². The molecule has 1 saturated heterocycles. The van der Waals surface area contributed by atoms with E-state index in [-0.39, 0.29) is 35.9 Å². The SMILES string of the molecule is CCOC(=O)C1CCC(NC(=NC)NCc2ccnc(N3CCCCCC3)c2)CC1.I. The predicted molar refractivity (Wildman–Crippen MR) is 136 cm³/mol. The van der Waals surface area contributed by atoms with E-state index < -0.39 is 0 Å². The molecule has 2 fully saturated rings. The molecule has 2 heterocycles. The number of hydrogen-bond acceptors (Lipinski definition) is 5. The van der Waals surface area contributed by atoms with Crippen LogP contribution in [0.2, 0.25) is 0 Å². The van der Waals surface area contributed by atoms with Crippen LogP contribution in [0.1, 0.15) is 63.9 Å². The number of esters is 1. The van der Waals surface area contributed by atoms with Crippen molar-refractivity contribution >= 4 is 41.7 Å². The summed E-state index contributed by atoms with van der Waals surface area (Å²) in [5.74, 6) is 1.89. The Hall–Kier alpha value is -1.58. The van der Waals surface area contributed by atoms with Gasteiger partial charge in [-0.25, -0.2) is 4.98 Å². The minimum absolute atomic E-state index is 0. The molecule has 1 aromatic heterocycles. The summed E-state index contributed by atoms with van der Waals surface area (Å²) in [6.07, 6.45) is 10.7. The van der Waals surface area contributed by atoms with Gasteiger partial charge in [0.2, 0.25) is 0 Å². The number of rotatable bonds is 6. The first-order chi connectivity index (χ1) is 14.7. The van der Waals surface area contributed by atoms with E-state index in [9.17, 15) is 4.79 Å². The molecule has 0 unspecified atom stereocenters. The van der Waals surface area contributed by atoms with Gasteiger partial charge >= 0.3 is 5.97 Å². The van der Waals surface area contributed by atoms with Crippen LogP contribution >= 0.6 is 24.0 Å². The summed E-state index contributed by atoms with van der Waals surface area (Å²) in [5, 5.41) is 6.95. The highest BCUT2D eigenvalue weighted by Crippen LogP contribution is 2.25. The molecule has 2 aliphatic rings. The third kappa shape index (κ3) is 8.12. The summed E-state index contributed by atoms with van der Waals surface area (Å²) in [7, 11) is 1.80. The monoisotopic (exact) mass is 543 g/mol. The summed E-state index contributed by atoms with van der Waals surface area (Å²) < 4.78 is 5.16. The molecule has 1 saturated carbocycles. The smallest absolute Gasteiger partial charge is 0.308 e. The molecule has 8 heteroatoms. The Morgan fingerprint density at radius 3 is 2.55 bits per heavy atom. The summed E-state index contributed by atoms with van der Waals surface area (Å²) in [6, 6.07) is 4.59. The summed E-state index contributed by atoms with van der Waals surface area (Å²) in [5.41, 5.74) is 1.21. The fourth-order valence-corrected chi connectivity index (χ4v) is 4.35. The normalized spacial score (nSPS) is 22.1. The average molecular weight is 543 g/mol. The topological polar surface area (TPSA) is 78.8 Å². The zero-order valence-corrected chi connectivity index (χ0v) is 21.3. The number of guanidine groups is 1. The van der Waals surface area contributed by atoms with Crippen molar-refractivity contribution in [1.29, 1.82) is 0 Å². The number of hydrogen-bond donors (Lipinski definition) is 2. The van der Waals surface area contributed by atoms with E-state index in [2.05, 4.69) is 37.6 Å². The lowest BCUT2D eigenvalue weighted by Crippen LogP contribution is -2.45. The molecule has 0 spiro atoms. The molecule has 2 N–H and O–H groups in total. The van der Waals surface area contributed by atoms with Crippen LogP contribution in [-0.2, 0) is 16.1 Å². The van der Waals surface area contributed by atoms with E-state index in [4.69, 9.17) is 4.74 Å².